The van der Waals surface area contributed by atoms with Gasteiger partial charge in [-0.25, -0.2) is 0 Å². The first kappa shape index (κ1) is 15.1. The van der Waals surface area contributed by atoms with Gasteiger partial charge in [0.05, 0.1) is 5.92 Å². The Morgan fingerprint density at radius 3 is 2.59 bits per heavy atom. The van der Waals surface area contributed by atoms with Gasteiger partial charge in [-0.05, 0) is 50.3 Å². The van der Waals surface area contributed by atoms with Crippen LogP contribution >= 0.6 is 0 Å². The Morgan fingerprint density at radius 1 is 1.14 bits per heavy atom. The zero-order valence-electron chi connectivity index (χ0n) is 13.5. The van der Waals surface area contributed by atoms with Gasteiger partial charge in [-0.3, -0.25) is 9.59 Å². The number of hydrogen-bond donors (Lipinski definition) is 0. The molecule has 3 rings (SSSR count). The van der Waals surface area contributed by atoms with E-state index in [9.17, 15) is 9.59 Å². The van der Waals surface area contributed by atoms with E-state index in [-0.39, 0.29) is 17.7 Å². The number of aryl methyl sites for hydroxylation is 2. The second kappa shape index (κ2) is 6.11. The van der Waals surface area contributed by atoms with Gasteiger partial charge in [0.15, 0.2) is 0 Å². The summed E-state index contributed by atoms with van der Waals surface area (Å²) in [5.41, 5.74) is 3.18. The summed E-state index contributed by atoms with van der Waals surface area (Å²) >= 11 is 0. The lowest BCUT2D eigenvalue weighted by molar-refractivity contribution is -0.136. The lowest BCUT2D eigenvalue weighted by Crippen LogP contribution is -2.40. The van der Waals surface area contributed by atoms with Crippen molar-refractivity contribution in [2.45, 2.75) is 39.5 Å². The number of benzene rings is 1. The number of carbonyl (C=O) groups is 2. The lowest BCUT2D eigenvalue weighted by Gasteiger charge is -2.29. The second-order valence-corrected chi connectivity index (χ2v) is 6.58. The molecule has 118 valence electrons. The average molecular weight is 300 g/mol. The molecule has 0 spiro atoms. The summed E-state index contributed by atoms with van der Waals surface area (Å²) in [6.45, 7) is 6.28. The SMILES string of the molecule is Cc1ccc(C)c(N2C[C@@H](C(=O)N3CCCCC3)CC2=O)c1. The molecule has 2 amide bonds. The fourth-order valence-corrected chi connectivity index (χ4v) is 3.49. The van der Waals surface area contributed by atoms with Gasteiger partial charge < -0.3 is 9.80 Å². The number of anilines is 1. The van der Waals surface area contributed by atoms with Crippen molar-refractivity contribution in [1.82, 2.24) is 4.90 Å². The van der Waals surface area contributed by atoms with E-state index >= 15 is 0 Å². The molecule has 2 aliphatic rings. The molecule has 2 heterocycles. The molecule has 0 aromatic heterocycles. The van der Waals surface area contributed by atoms with E-state index in [0.717, 1.165) is 42.7 Å². The van der Waals surface area contributed by atoms with Crippen molar-refractivity contribution in [3.8, 4) is 0 Å². The number of likely N-dealkylation sites (tertiary alicyclic amines) is 1. The Hall–Kier alpha value is -1.84. The van der Waals surface area contributed by atoms with Crippen LogP contribution in [0.1, 0.15) is 36.8 Å². The van der Waals surface area contributed by atoms with Gasteiger partial charge >= 0.3 is 0 Å². The highest BCUT2D eigenvalue weighted by Gasteiger charge is 2.37. The van der Waals surface area contributed by atoms with Crippen LogP contribution in [0.25, 0.3) is 0 Å². The summed E-state index contributed by atoms with van der Waals surface area (Å²) in [7, 11) is 0. The molecule has 4 nitrogen and oxygen atoms in total. The van der Waals surface area contributed by atoms with E-state index < -0.39 is 0 Å². The second-order valence-electron chi connectivity index (χ2n) is 6.58. The first-order valence-corrected chi connectivity index (χ1v) is 8.22. The number of piperidine rings is 1. The molecule has 4 heteroatoms. The molecular weight excluding hydrogens is 276 g/mol. The van der Waals surface area contributed by atoms with Crippen LogP contribution in [0.2, 0.25) is 0 Å². The maximum absolute atomic E-state index is 12.6. The van der Waals surface area contributed by atoms with Crippen LogP contribution in [-0.2, 0) is 9.59 Å². The van der Waals surface area contributed by atoms with E-state index in [1.165, 1.54) is 6.42 Å². The Kier molecular flexibility index (Phi) is 4.19. The van der Waals surface area contributed by atoms with Gasteiger partial charge in [0.1, 0.15) is 0 Å². The third-order valence-corrected chi connectivity index (χ3v) is 4.80. The van der Waals surface area contributed by atoms with Crippen molar-refractivity contribution in [1.29, 1.82) is 0 Å². The smallest absolute Gasteiger partial charge is 0.228 e. The zero-order chi connectivity index (χ0) is 15.7. The first-order valence-electron chi connectivity index (χ1n) is 8.22. The van der Waals surface area contributed by atoms with Gasteiger partial charge in [-0.15, -0.1) is 0 Å². The summed E-state index contributed by atoms with van der Waals surface area (Å²) < 4.78 is 0. The van der Waals surface area contributed by atoms with Crippen LogP contribution in [0.15, 0.2) is 18.2 Å². The number of rotatable bonds is 2. The van der Waals surface area contributed by atoms with Crippen LogP contribution in [0, 0.1) is 19.8 Å². The van der Waals surface area contributed by atoms with Crippen LogP contribution in [0.5, 0.6) is 0 Å². The summed E-state index contributed by atoms with van der Waals surface area (Å²) in [5, 5.41) is 0. The highest BCUT2D eigenvalue weighted by molar-refractivity contribution is 6.00. The van der Waals surface area contributed by atoms with Gasteiger partial charge in [0.25, 0.3) is 0 Å². The van der Waals surface area contributed by atoms with Crippen molar-refractivity contribution in [3.05, 3.63) is 29.3 Å². The summed E-state index contributed by atoms with van der Waals surface area (Å²) in [6, 6.07) is 6.13. The van der Waals surface area contributed by atoms with E-state index in [4.69, 9.17) is 0 Å². The topological polar surface area (TPSA) is 40.6 Å². The minimum absolute atomic E-state index is 0.0732. The summed E-state index contributed by atoms with van der Waals surface area (Å²) in [4.78, 5) is 28.8. The Bertz CT molecular complexity index is 591. The van der Waals surface area contributed by atoms with E-state index in [2.05, 4.69) is 6.07 Å². The molecule has 0 bridgehead atoms. The van der Waals surface area contributed by atoms with E-state index in [1.54, 1.807) is 4.90 Å². The molecule has 2 aliphatic heterocycles. The Morgan fingerprint density at radius 2 is 1.86 bits per heavy atom. The molecule has 1 aromatic carbocycles. The predicted octanol–water partition coefficient (Wildman–Crippen LogP) is 2.67. The molecule has 0 saturated carbocycles. The molecule has 1 atom stereocenters. The first-order chi connectivity index (χ1) is 10.6. The normalized spacial score (nSPS) is 22.3. The zero-order valence-corrected chi connectivity index (χ0v) is 13.5. The van der Waals surface area contributed by atoms with Crippen LogP contribution < -0.4 is 4.90 Å². The van der Waals surface area contributed by atoms with Crippen molar-refractivity contribution < 1.29 is 9.59 Å². The Labute approximate surface area is 132 Å². The van der Waals surface area contributed by atoms with Crippen LogP contribution in [0.4, 0.5) is 5.69 Å². The quantitative estimate of drug-likeness (QED) is 0.842. The molecule has 0 aliphatic carbocycles. The third kappa shape index (κ3) is 2.87. The molecule has 0 N–H and O–H groups in total. The van der Waals surface area contributed by atoms with Crippen molar-refractivity contribution in [2.24, 2.45) is 5.92 Å². The van der Waals surface area contributed by atoms with Crippen LogP contribution in [0.3, 0.4) is 0 Å². The highest BCUT2D eigenvalue weighted by Crippen LogP contribution is 2.30. The summed E-state index contributed by atoms with van der Waals surface area (Å²) in [6.07, 6.45) is 3.74. The molecule has 0 unspecified atom stereocenters. The van der Waals surface area contributed by atoms with E-state index in [1.807, 2.05) is 30.9 Å². The van der Waals surface area contributed by atoms with Crippen molar-refractivity contribution >= 4 is 17.5 Å². The minimum Gasteiger partial charge on any atom is -0.342 e. The fraction of sp³-hybridized carbons (Fsp3) is 0.556. The monoisotopic (exact) mass is 300 g/mol. The van der Waals surface area contributed by atoms with Crippen molar-refractivity contribution in [3.63, 3.8) is 0 Å². The molecule has 1 aromatic rings. The van der Waals surface area contributed by atoms with Crippen LogP contribution in [-0.4, -0.2) is 36.3 Å². The number of carbonyl (C=O) groups excluding carboxylic acids is 2. The average Bonchev–Trinajstić information content (AvgIpc) is 2.91. The van der Waals surface area contributed by atoms with Gasteiger partial charge in [-0.2, -0.15) is 0 Å². The van der Waals surface area contributed by atoms with E-state index in [0.29, 0.717) is 13.0 Å². The van der Waals surface area contributed by atoms with Gasteiger partial charge in [-0.1, -0.05) is 12.1 Å². The number of amides is 2. The largest absolute Gasteiger partial charge is 0.342 e. The molecule has 2 saturated heterocycles. The highest BCUT2D eigenvalue weighted by atomic mass is 16.2. The van der Waals surface area contributed by atoms with Gasteiger partial charge in [0, 0.05) is 31.7 Å². The lowest BCUT2D eigenvalue weighted by atomic mass is 10.0. The predicted molar refractivity (Wildman–Crippen MR) is 86.8 cm³/mol. The fourth-order valence-electron chi connectivity index (χ4n) is 3.49. The third-order valence-electron chi connectivity index (χ3n) is 4.80. The molecule has 22 heavy (non-hydrogen) atoms. The molecule has 2 fully saturated rings. The maximum atomic E-state index is 12.6. The maximum Gasteiger partial charge on any atom is 0.228 e. The number of hydrogen-bond acceptors (Lipinski definition) is 2. The molecule has 0 radical (unpaired) electrons. The number of nitrogens with zero attached hydrogens (tertiary/aromatic N) is 2. The van der Waals surface area contributed by atoms with Gasteiger partial charge in [0.2, 0.25) is 11.8 Å². The standard InChI is InChI=1S/C18H24N2O2/c1-13-6-7-14(2)16(10-13)20-12-15(11-17(20)21)18(22)19-8-4-3-5-9-19/h6-7,10,15H,3-5,8-9,11-12H2,1-2H3/t15-/m0/s1. The minimum atomic E-state index is -0.175. The molecular formula is C18H24N2O2. The Balaban J connectivity index is 1.75. The van der Waals surface area contributed by atoms with Crippen molar-refractivity contribution in [2.75, 3.05) is 24.5 Å². The summed E-state index contributed by atoms with van der Waals surface area (Å²) in [5.74, 6) is 0.0652.